The Morgan fingerprint density at radius 3 is 2.67 bits per heavy atom. The van der Waals surface area contributed by atoms with E-state index in [1.165, 1.54) is 6.04 Å². The summed E-state index contributed by atoms with van der Waals surface area (Å²) in [7, 11) is 0. The van der Waals surface area contributed by atoms with E-state index >= 15 is 0 Å². The van der Waals surface area contributed by atoms with Crippen LogP contribution in [0.1, 0.15) is 6.42 Å². The summed E-state index contributed by atoms with van der Waals surface area (Å²) in [5.74, 6) is 1.67. The Bertz CT molecular complexity index is 147. The molecule has 69 valence electrons. The van der Waals surface area contributed by atoms with Crippen LogP contribution in [0, 0.1) is 6.04 Å². The van der Waals surface area contributed by atoms with Crippen molar-refractivity contribution < 1.29 is 9.29 Å². The van der Waals surface area contributed by atoms with E-state index in [0.29, 0.717) is 0 Å². The van der Waals surface area contributed by atoms with Gasteiger partial charge in [-0.2, -0.15) is 0 Å². The van der Waals surface area contributed by atoms with E-state index in [2.05, 4.69) is 4.90 Å². The van der Waals surface area contributed by atoms with Crippen molar-refractivity contribution in [1.82, 2.24) is 4.90 Å². The maximum absolute atomic E-state index is 11.1. The van der Waals surface area contributed by atoms with Crippen LogP contribution in [-0.2, 0) is 15.9 Å². The highest BCUT2D eigenvalue weighted by atomic mass is 32.2. The zero-order valence-corrected chi connectivity index (χ0v) is 7.94. The minimum Gasteiger partial charge on any atom is -0.616 e. The van der Waals surface area contributed by atoms with Gasteiger partial charge in [0.15, 0.2) is 0 Å². The Balaban J connectivity index is 1.83. The predicted octanol–water partition coefficient (Wildman–Crippen LogP) is 0.00299. The molecule has 2 aliphatic heterocycles. The third-order valence-electron chi connectivity index (χ3n) is 2.40. The molecule has 2 fully saturated rings. The zero-order valence-electron chi connectivity index (χ0n) is 7.12. The van der Waals surface area contributed by atoms with Gasteiger partial charge in [0.05, 0.1) is 19.3 Å². The molecule has 0 N–H and O–H groups in total. The molecule has 2 aliphatic rings. The Morgan fingerprint density at radius 1 is 1.33 bits per heavy atom. The van der Waals surface area contributed by atoms with Crippen LogP contribution in [0.15, 0.2) is 0 Å². The van der Waals surface area contributed by atoms with Crippen LogP contribution in [-0.4, -0.2) is 47.3 Å². The van der Waals surface area contributed by atoms with E-state index in [-0.39, 0.29) is 0 Å². The average molecular weight is 188 g/mol. The molecular weight excluding hydrogens is 174 g/mol. The number of ether oxygens (including phenoxy) is 1. The van der Waals surface area contributed by atoms with Crippen LogP contribution < -0.4 is 0 Å². The molecule has 0 aromatic carbocycles. The molecule has 0 amide bonds. The van der Waals surface area contributed by atoms with Crippen molar-refractivity contribution in [2.24, 2.45) is 0 Å². The molecule has 0 spiro atoms. The topological polar surface area (TPSA) is 35.5 Å². The third kappa shape index (κ3) is 1.93. The van der Waals surface area contributed by atoms with Crippen molar-refractivity contribution >= 4 is 11.2 Å². The van der Waals surface area contributed by atoms with Crippen molar-refractivity contribution in [3.05, 3.63) is 6.04 Å². The van der Waals surface area contributed by atoms with Gasteiger partial charge in [-0.05, 0) is 0 Å². The maximum Gasteiger partial charge on any atom is 0.126 e. The highest BCUT2D eigenvalue weighted by Gasteiger charge is 2.32. The van der Waals surface area contributed by atoms with Crippen molar-refractivity contribution in [3.63, 3.8) is 0 Å². The summed E-state index contributed by atoms with van der Waals surface area (Å²) >= 11 is -0.574. The molecule has 0 aromatic rings. The lowest BCUT2D eigenvalue weighted by Crippen LogP contribution is -2.39. The molecule has 0 aliphatic carbocycles. The van der Waals surface area contributed by atoms with E-state index in [0.717, 1.165) is 44.2 Å². The summed E-state index contributed by atoms with van der Waals surface area (Å²) in [5, 5.41) is 0. The second kappa shape index (κ2) is 3.96. The molecule has 1 radical (unpaired) electrons. The van der Waals surface area contributed by atoms with E-state index in [1.807, 2.05) is 0 Å². The molecule has 3 nitrogen and oxygen atoms in total. The fourth-order valence-corrected chi connectivity index (χ4v) is 3.00. The summed E-state index contributed by atoms with van der Waals surface area (Å²) in [5.41, 5.74) is 0. The lowest BCUT2D eigenvalue weighted by Gasteiger charge is -2.29. The summed E-state index contributed by atoms with van der Waals surface area (Å²) in [6, 6.07) is 1.39. The van der Waals surface area contributed by atoms with Crippen LogP contribution in [0.5, 0.6) is 0 Å². The lowest BCUT2D eigenvalue weighted by atomic mass is 10.2. The minimum atomic E-state index is -0.574. The molecule has 2 rings (SSSR count). The van der Waals surface area contributed by atoms with Gasteiger partial charge >= 0.3 is 0 Å². The number of morpholine rings is 1. The molecule has 0 saturated carbocycles. The standard InChI is InChI=1S/C8H14NO2S/c10-12-6-1-8(7-12)9-2-4-11-5-3-9/h1-7H2. The van der Waals surface area contributed by atoms with Crippen molar-refractivity contribution in [2.45, 2.75) is 6.42 Å². The average Bonchev–Trinajstić information content (AvgIpc) is 2.54. The second-order valence-corrected chi connectivity index (χ2v) is 4.78. The van der Waals surface area contributed by atoms with Gasteiger partial charge in [-0.3, -0.25) is 4.90 Å². The van der Waals surface area contributed by atoms with Gasteiger partial charge in [0, 0.05) is 19.5 Å². The Labute approximate surface area is 76.2 Å². The fraction of sp³-hybridized carbons (Fsp3) is 0.875. The van der Waals surface area contributed by atoms with Crippen LogP contribution in [0.3, 0.4) is 0 Å². The zero-order chi connectivity index (χ0) is 8.39. The molecular formula is C8H14NO2S. The first-order chi connectivity index (χ1) is 5.86. The highest BCUT2D eigenvalue weighted by Crippen LogP contribution is 2.24. The SMILES string of the molecule is [O-][S+]1CC[C](N2CCOCC2)C1. The van der Waals surface area contributed by atoms with Crippen LogP contribution in [0.4, 0.5) is 0 Å². The Hall–Kier alpha value is 0.230. The quantitative estimate of drug-likeness (QED) is 0.543. The molecule has 4 heteroatoms. The largest absolute Gasteiger partial charge is 0.616 e. The van der Waals surface area contributed by atoms with Gasteiger partial charge in [0.1, 0.15) is 11.5 Å². The van der Waals surface area contributed by atoms with Gasteiger partial charge in [0.2, 0.25) is 0 Å². The molecule has 12 heavy (non-hydrogen) atoms. The number of nitrogens with zero attached hydrogens (tertiary/aromatic N) is 1. The summed E-state index contributed by atoms with van der Waals surface area (Å²) in [4.78, 5) is 2.34. The number of rotatable bonds is 1. The second-order valence-electron chi connectivity index (χ2n) is 3.20. The first-order valence-electron chi connectivity index (χ1n) is 4.38. The van der Waals surface area contributed by atoms with Crippen molar-refractivity contribution in [2.75, 3.05) is 37.8 Å². The van der Waals surface area contributed by atoms with E-state index in [9.17, 15) is 4.55 Å². The first kappa shape index (κ1) is 8.81. The summed E-state index contributed by atoms with van der Waals surface area (Å²) in [6.45, 7) is 3.64. The third-order valence-corrected chi connectivity index (χ3v) is 3.72. The Morgan fingerprint density at radius 2 is 2.08 bits per heavy atom. The number of hydrogen-bond donors (Lipinski definition) is 0. The van der Waals surface area contributed by atoms with Gasteiger partial charge in [-0.1, -0.05) is 11.2 Å². The van der Waals surface area contributed by atoms with Crippen molar-refractivity contribution in [3.8, 4) is 0 Å². The highest BCUT2D eigenvalue weighted by molar-refractivity contribution is 7.91. The molecule has 1 unspecified atom stereocenters. The van der Waals surface area contributed by atoms with Gasteiger partial charge < -0.3 is 9.29 Å². The first-order valence-corrected chi connectivity index (χ1v) is 5.87. The van der Waals surface area contributed by atoms with Gasteiger partial charge in [-0.15, -0.1) is 0 Å². The van der Waals surface area contributed by atoms with Gasteiger partial charge in [-0.25, -0.2) is 0 Å². The Kier molecular flexibility index (Phi) is 2.91. The summed E-state index contributed by atoms with van der Waals surface area (Å²) < 4.78 is 16.4. The van der Waals surface area contributed by atoms with Crippen LogP contribution in [0.25, 0.3) is 0 Å². The fourth-order valence-electron chi connectivity index (χ4n) is 1.69. The van der Waals surface area contributed by atoms with Crippen LogP contribution in [0.2, 0.25) is 0 Å². The molecule has 0 aromatic heterocycles. The van der Waals surface area contributed by atoms with E-state index in [1.54, 1.807) is 0 Å². The molecule has 2 saturated heterocycles. The lowest BCUT2D eigenvalue weighted by molar-refractivity contribution is 0.0417. The van der Waals surface area contributed by atoms with E-state index < -0.39 is 11.2 Å². The van der Waals surface area contributed by atoms with Gasteiger partial charge in [0.25, 0.3) is 0 Å². The molecule has 2 heterocycles. The monoisotopic (exact) mass is 188 g/mol. The summed E-state index contributed by atoms with van der Waals surface area (Å²) in [6.07, 6.45) is 1.03. The normalized spacial score (nSPS) is 34.2. The van der Waals surface area contributed by atoms with E-state index in [4.69, 9.17) is 4.74 Å². The van der Waals surface area contributed by atoms with Crippen LogP contribution >= 0.6 is 0 Å². The molecule has 1 atom stereocenters. The smallest absolute Gasteiger partial charge is 0.126 e. The number of hydrogen-bond acceptors (Lipinski definition) is 3. The maximum atomic E-state index is 11.1. The van der Waals surface area contributed by atoms with Crippen molar-refractivity contribution in [1.29, 1.82) is 0 Å². The molecule has 0 bridgehead atoms. The predicted molar refractivity (Wildman–Crippen MR) is 48.1 cm³/mol. The minimum absolute atomic E-state index is 0.574.